The molecule has 0 bridgehead atoms. The summed E-state index contributed by atoms with van der Waals surface area (Å²) in [7, 11) is 1.59. The molecule has 4 rings (SSSR count). The van der Waals surface area contributed by atoms with Gasteiger partial charge in [-0.1, -0.05) is 29.3 Å². The van der Waals surface area contributed by atoms with E-state index in [-0.39, 0.29) is 12.0 Å². The van der Waals surface area contributed by atoms with E-state index < -0.39 is 6.17 Å². The van der Waals surface area contributed by atoms with Crippen LogP contribution in [0, 0.1) is 12.3 Å². The molecule has 0 radical (unpaired) electrons. The third-order valence-electron chi connectivity index (χ3n) is 7.26. The minimum atomic E-state index is -1.23. The first-order chi connectivity index (χ1) is 16.9. The van der Waals surface area contributed by atoms with Crippen molar-refractivity contribution in [1.29, 1.82) is 0 Å². The summed E-state index contributed by atoms with van der Waals surface area (Å²) in [6, 6.07) is 14.1. The summed E-state index contributed by atoms with van der Waals surface area (Å²) in [4.78, 5) is 8.09. The first kappa shape index (κ1) is 26.2. The summed E-state index contributed by atoms with van der Waals surface area (Å²) < 4.78 is 20.9. The number of aliphatic hydroxyl groups is 1. The highest BCUT2D eigenvalue weighted by molar-refractivity contribution is 7.99. The first-order valence-corrected chi connectivity index (χ1v) is 13.6. The summed E-state index contributed by atoms with van der Waals surface area (Å²) in [5.41, 5.74) is 2.20. The fourth-order valence-electron chi connectivity index (χ4n) is 4.86. The Morgan fingerprint density at radius 1 is 1.20 bits per heavy atom. The topological polar surface area (TPSA) is 45.6 Å². The molecule has 35 heavy (non-hydrogen) atoms. The number of hydrogen-bond acceptors (Lipinski definition) is 5. The molecule has 1 saturated heterocycles. The van der Waals surface area contributed by atoms with E-state index in [1.807, 2.05) is 23.9 Å². The van der Waals surface area contributed by atoms with Crippen molar-refractivity contribution in [3.05, 3.63) is 64.8 Å². The van der Waals surface area contributed by atoms with Gasteiger partial charge in [0.25, 0.3) is 0 Å². The summed E-state index contributed by atoms with van der Waals surface area (Å²) in [6.45, 7) is 5.08. The van der Waals surface area contributed by atoms with Crippen LogP contribution < -0.4 is 4.74 Å². The number of methoxy groups -OCH3 is 1. The molecule has 0 amide bonds. The predicted molar refractivity (Wildman–Crippen MR) is 143 cm³/mol. The molecule has 2 aromatic carbocycles. The van der Waals surface area contributed by atoms with Gasteiger partial charge in [-0.3, -0.25) is 4.98 Å². The largest absolute Gasteiger partial charge is 0.497 e. The number of fused-ring (bicyclic) bond motifs is 1. The maximum absolute atomic E-state index is 15.6. The molecule has 0 unspecified atom stereocenters. The van der Waals surface area contributed by atoms with Crippen molar-refractivity contribution in [2.45, 2.75) is 43.7 Å². The molecule has 1 atom stereocenters. The molecule has 3 aromatic rings. The Hall–Kier alpha value is -1.86. The lowest BCUT2D eigenvalue weighted by Gasteiger charge is -2.41. The van der Waals surface area contributed by atoms with Crippen LogP contribution in [-0.2, 0) is 0 Å². The molecular formula is C28H34ClFN2O2S. The second-order valence-electron chi connectivity index (χ2n) is 9.57. The number of alkyl halides is 1. The third kappa shape index (κ3) is 6.48. The molecule has 1 N–H and O–H groups in total. The smallest absolute Gasteiger partial charge is 0.127 e. The molecule has 0 aliphatic carbocycles. The van der Waals surface area contributed by atoms with Gasteiger partial charge in [0.1, 0.15) is 11.9 Å². The average Bonchev–Trinajstić information content (AvgIpc) is 2.89. The Morgan fingerprint density at radius 2 is 1.94 bits per heavy atom. The Kier molecular flexibility index (Phi) is 8.92. The zero-order chi connectivity index (χ0) is 24.8. The second kappa shape index (κ2) is 11.9. The van der Waals surface area contributed by atoms with Crippen molar-refractivity contribution < 1.29 is 14.2 Å². The Morgan fingerprint density at radius 3 is 2.63 bits per heavy atom. The highest BCUT2D eigenvalue weighted by atomic mass is 35.5. The minimum absolute atomic E-state index is 0.0876. The monoisotopic (exact) mass is 516 g/mol. The van der Waals surface area contributed by atoms with E-state index >= 15 is 4.39 Å². The van der Waals surface area contributed by atoms with E-state index in [1.54, 1.807) is 13.2 Å². The number of aromatic nitrogens is 1. The van der Waals surface area contributed by atoms with Gasteiger partial charge in [0.2, 0.25) is 0 Å². The molecule has 1 fully saturated rings. The second-order valence-corrected chi connectivity index (χ2v) is 11.1. The summed E-state index contributed by atoms with van der Waals surface area (Å²) in [5, 5.41) is 11.3. The van der Waals surface area contributed by atoms with Crippen LogP contribution in [0.3, 0.4) is 0 Å². The quantitative estimate of drug-likeness (QED) is 0.298. The van der Waals surface area contributed by atoms with Crippen molar-refractivity contribution in [2.75, 3.05) is 39.1 Å². The van der Waals surface area contributed by atoms with E-state index in [2.05, 4.69) is 41.1 Å². The van der Waals surface area contributed by atoms with Crippen molar-refractivity contribution in [3.63, 3.8) is 0 Å². The molecule has 0 saturated carbocycles. The minimum Gasteiger partial charge on any atom is -0.497 e. The van der Waals surface area contributed by atoms with Crippen LogP contribution >= 0.6 is 23.4 Å². The molecule has 0 spiro atoms. The number of halogens is 2. The number of hydrogen-bond donors (Lipinski definition) is 1. The number of piperidine rings is 1. The number of aliphatic hydroxyl groups excluding tert-OH is 1. The van der Waals surface area contributed by atoms with Gasteiger partial charge in [0.05, 0.1) is 17.6 Å². The highest BCUT2D eigenvalue weighted by Crippen LogP contribution is 2.42. The number of benzene rings is 2. The SMILES string of the molecule is COc1ccc2ncc(Cl)c([C@H](F)CCC3(CO)CCN(CCSc4ccc(C)cc4)CC3)c2c1. The van der Waals surface area contributed by atoms with Crippen LogP contribution in [0.2, 0.25) is 5.02 Å². The van der Waals surface area contributed by atoms with E-state index in [9.17, 15) is 5.11 Å². The Labute approximate surface area is 216 Å². The van der Waals surface area contributed by atoms with Gasteiger partial charge in [-0.15, -0.1) is 11.8 Å². The maximum atomic E-state index is 15.6. The fraction of sp³-hybridized carbons (Fsp3) is 0.464. The van der Waals surface area contributed by atoms with Gasteiger partial charge in [-0.2, -0.15) is 0 Å². The lowest BCUT2D eigenvalue weighted by Crippen LogP contribution is -2.42. The number of aryl methyl sites for hydroxylation is 1. The third-order valence-corrected chi connectivity index (χ3v) is 8.55. The van der Waals surface area contributed by atoms with Crippen molar-refractivity contribution in [2.24, 2.45) is 5.41 Å². The lowest BCUT2D eigenvalue weighted by atomic mass is 9.74. The predicted octanol–water partition coefficient (Wildman–Crippen LogP) is 6.86. The van der Waals surface area contributed by atoms with E-state index in [0.29, 0.717) is 40.1 Å². The van der Waals surface area contributed by atoms with Crippen LogP contribution in [0.25, 0.3) is 10.9 Å². The maximum Gasteiger partial charge on any atom is 0.127 e. The number of nitrogens with zero attached hydrogens (tertiary/aromatic N) is 2. The van der Waals surface area contributed by atoms with Crippen molar-refractivity contribution >= 4 is 34.3 Å². The van der Waals surface area contributed by atoms with Crippen LogP contribution in [-0.4, -0.2) is 54.1 Å². The van der Waals surface area contributed by atoms with Gasteiger partial charge in [0, 0.05) is 40.9 Å². The van der Waals surface area contributed by atoms with Crippen LogP contribution in [0.1, 0.15) is 43.0 Å². The van der Waals surface area contributed by atoms with E-state index in [4.69, 9.17) is 16.3 Å². The Bertz CT molecular complexity index is 1120. The summed E-state index contributed by atoms with van der Waals surface area (Å²) >= 11 is 8.28. The van der Waals surface area contributed by atoms with E-state index in [1.165, 1.54) is 16.7 Å². The number of pyridine rings is 1. The van der Waals surface area contributed by atoms with Crippen molar-refractivity contribution in [1.82, 2.24) is 9.88 Å². The Balaban J connectivity index is 1.33. The molecular weight excluding hydrogens is 483 g/mol. The van der Waals surface area contributed by atoms with Gasteiger partial charge in [-0.05, 0) is 81.4 Å². The molecule has 1 aliphatic rings. The zero-order valence-electron chi connectivity index (χ0n) is 20.5. The fourth-order valence-corrected chi connectivity index (χ4v) is 6.04. The average molecular weight is 517 g/mol. The van der Waals surface area contributed by atoms with Crippen LogP contribution in [0.4, 0.5) is 4.39 Å². The van der Waals surface area contributed by atoms with E-state index in [0.717, 1.165) is 38.2 Å². The molecule has 7 heteroatoms. The molecule has 2 heterocycles. The summed E-state index contributed by atoms with van der Waals surface area (Å²) in [5.74, 6) is 1.69. The highest BCUT2D eigenvalue weighted by Gasteiger charge is 2.35. The van der Waals surface area contributed by atoms with Crippen molar-refractivity contribution in [3.8, 4) is 5.75 Å². The molecule has 188 valence electrons. The van der Waals surface area contributed by atoms with Gasteiger partial charge in [0.15, 0.2) is 0 Å². The molecule has 1 aliphatic heterocycles. The van der Waals surface area contributed by atoms with Gasteiger partial charge in [-0.25, -0.2) is 4.39 Å². The van der Waals surface area contributed by atoms with Gasteiger partial charge < -0.3 is 14.7 Å². The zero-order valence-corrected chi connectivity index (χ0v) is 22.0. The normalized spacial score (nSPS) is 16.9. The standard InChI is InChI=1S/C28H34ClFN2O2S/c1-20-3-6-22(7-4-20)35-16-15-32-13-11-28(19-33,12-14-32)10-9-25(30)27-23-17-21(34-2)5-8-26(23)31-18-24(27)29/h3-8,17-18,25,33H,9-16,19H2,1-2H3/t25-/m1/s1. The van der Waals surface area contributed by atoms with Gasteiger partial charge >= 0.3 is 0 Å². The molecule has 1 aromatic heterocycles. The number of rotatable bonds is 10. The number of thioether (sulfide) groups is 1. The number of likely N-dealkylation sites (tertiary alicyclic amines) is 1. The first-order valence-electron chi connectivity index (χ1n) is 12.2. The number of ether oxygens (including phenoxy) is 1. The lowest BCUT2D eigenvalue weighted by molar-refractivity contribution is 0.0323. The van der Waals surface area contributed by atoms with Crippen LogP contribution in [0.5, 0.6) is 5.75 Å². The summed E-state index contributed by atoms with van der Waals surface area (Å²) in [6.07, 6.45) is 2.99. The molecule has 4 nitrogen and oxygen atoms in total. The van der Waals surface area contributed by atoms with Crippen LogP contribution in [0.15, 0.2) is 53.6 Å².